The van der Waals surface area contributed by atoms with Gasteiger partial charge in [0.25, 0.3) is 0 Å². The molecule has 2 nitrogen and oxygen atoms in total. The molecule has 2 rings (SSSR count). The second-order valence-corrected chi connectivity index (χ2v) is 5.32. The Morgan fingerprint density at radius 3 is 2.55 bits per heavy atom. The van der Waals surface area contributed by atoms with E-state index in [4.69, 9.17) is 11.6 Å². The average molecular weight is 310 g/mol. The van der Waals surface area contributed by atoms with E-state index in [1.165, 1.54) is 18.2 Å². The number of hydrogen-bond acceptors (Lipinski definition) is 2. The predicted octanol–water partition coefficient (Wildman–Crippen LogP) is 3.96. The van der Waals surface area contributed by atoms with E-state index in [2.05, 4.69) is 17.9 Å². The van der Waals surface area contributed by atoms with Gasteiger partial charge in [0.05, 0.1) is 16.0 Å². The summed E-state index contributed by atoms with van der Waals surface area (Å²) in [5.74, 6) is -0.949. The van der Waals surface area contributed by atoms with Crippen molar-refractivity contribution in [3.8, 4) is 0 Å². The Hall–Kier alpha value is -1.52. The maximum absolute atomic E-state index is 13.6. The van der Waals surface area contributed by atoms with Crippen molar-refractivity contribution >= 4 is 35.8 Å². The summed E-state index contributed by atoms with van der Waals surface area (Å²) in [7, 11) is 0. The van der Waals surface area contributed by atoms with E-state index in [1.54, 1.807) is 0 Å². The third-order valence-corrected chi connectivity index (χ3v) is 3.52. The fourth-order valence-corrected chi connectivity index (χ4v) is 2.24. The predicted molar refractivity (Wildman–Crippen MR) is 83.0 cm³/mol. The molecule has 1 N–H and O–H groups in total. The largest absolute Gasteiger partial charge is 0.321 e. The van der Waals surface area contributed by atoms with E-state index in [0.29, 0.717) is 6.42 Å². The van der Waals surface area contributed by atoms with Crippen LogP contribution in [-0.2, 0) is 11.2 Å². The first kappa shape index (κ1) is 14.9. The van der Waals surface area contributed by atoms with E-state index in [-0.39, 0.29) is 16.6 Å². The van der Waals surface area contributed by atoms with Crippen LogP contribution >= 0.6 is 24.2 Å². The topological polar surface area (TPSA) is 29.1 Å². The lowest BCUT2D eigenvalue weighted by molar-refractivity contribution is -0.115. The third kappa shape index (κ3) is 3.74. The molecule has 104 valence electrons. The molecule has 0 aliphatic heterocycles. The standard InChI is InChI=1S/C15H13ClFNOS/c16-11-7-4-8-12(17)14(11)18-15(19)13(20)9-10-5-2-1-3-6-10/h1-8,13,20H,9H2,(H,18,19). The molecule has 2 aromatic rings. The fourth-order valence-electron chi connectivity index (χ4n) is 1.75. The molecule has 0 heterocycles. The van der Waals surface area contributed by atoms with E-state index < -0.39 is 11.1 Å². The maximum atomic E-state index is 13.6. The number of anilines is 1. The summed E-state index contributed by atoms with van der Waals surface area (Å²) in [6.45, 7) is 0. The van der Waals surface area contributed by atoms with Crippen molar-refractivity contribution in [3.63, 3.8) is 0 Å². The molecular formula is C15H13ClFNOS. The summed E-state index contributed by atoms with van der Waals surface area (Å²) in [6, 6.07) is 13.7. The highest BCUT2D eigenvalue weighted by Crippen LogP contribution is 2.25. The van der Waals surface area contributed by atoms with Gasteiger partial charge in [-0.3, -0.25) is 4.79 Å². The lowest BCUT2D eigenvalue weighted by Gasteiger charge is -2.13. The number of thiol groups is 1. The molecule has 0 saturated heterocycles. The Labute approximate surface area is 127 Å². The highest BCUT2D eigenvalue weighted by molar-refractivity contribution is 7.81. The number of amides is 1. The first-order valence-corrected chi connectivity index (χ1v) is 6.94. The number of para-hydroxylation sites is 1. The molecule has 0 spiro atoms. The molecule has 1 unspecified atom stereocenters. The van der Waals surface area contributed by atoms with E-state index in [9.17, 15) is 9.18 Å². The van der Waals surface area contributed by atoms with Gasteiger partial charge in [-0.15, -0.1) is 0 Å². The first-order valence-electron chi connectivity index (χ1n) is 6.05. The van der Waals surface area contributed by atoms with Crippen LogP contribution in [-0.4, -0.2) is 11.2 Å². The zero-order valence-electron chi connectivity index (χ0n) is 10.5. The van der Waals surface area contributed by atoms with Gasteiger partial charge in [0, 0.05) is 0 Å². The molecule has 1 atom stereocenters. The van der Waals surface area contributed by atoms with Crippen molar-refractivity contribution in [2.75, 3.05) is 5.32 Å². The van der Waals surface area contributed by atoms with Gasteiger partial charge in [-0.05, 0) is 24.1 Å². The normalized spacial score (nSPS) is 11.9. The number of rotatable bonds is 4. The number of hydrogen-bond donors (Lipinski definition) is 2. The second kappa shape index (κ2) is 6.77. The molecule has 5 heteroatoms. The monoisotopic (exact) mass is 309 g/mol. The van der Waals surface area contributed by atoms with E-state index in [1.807, 2.05) is 30.3 Å². The minimum atomic E-state index is -0.576. The second-order valence-electron chi connectivity index (χ2n) is 4.29. The Kier molecular flexibility index (Phi) is 5.04. The zero-order valence-corrected chi connectivity index (χ0v) is 12.2. The Bertz CT molecular complexity index is 586. The Morgan fingerprint density at radius 2 is 1.90 bits per heavy atom. The minimum Gasteiger partial charge on any atom is -0.321 e. The van der Waals surface area contributed by atoms with Gasteiger partial charge in [0.2, 0.25) is 5.91 Å². The van der Waals surface area contributed by atoms with Gasteiger partial charge >= 0.3 is 0 Å². The molecule has 20 heavy (non-hydrogen) atoms. The van der Waals surface area contributed by atoms with Gasteiger partial charge < -0.3 is 5.32 Å². The van der Waals surface area contributed by atoms with Gasteiger partial charge in [-0.2, -0.15) is 12.6 Å². The summed E-state index contributed by atoms with van der Waals surface area (Å²) in [5, 5.41) is 2.07. The van der Waals surface area contributed by atoms with Crippen molar-refractivity contribution < 1.29 is 9.18 Å². The first-order chi connectivity index (χ1) is 9.58. The van der Waals surface area contributed by atoms with Crippen LogP contribution in [0.1, 0.15) is 5.56 Å². The number of halogens is 2. The minimum absolute atomic E-state index is 0.00808. The van der Waals surface area contributed by atoms with Gasteiger partial charge in [-0.1, -0.05) is 48.0 Å². The number of nitrogens with one attached hydrogen (secondary N) is 1. The van der Waals surface area contributed by atoms with Crippen LogP contribution in [0.2, 0.25) is 5.02 Å². The maximum Gasteiger partial charge on any atom is 0.237 e. The summed E-state index contributed by atoms with van der Waals surface area (Å²) >= 11 is 10.1. The van der Waals surface area contributed by atoms with Crippen LogP contribution in [0.3, 0.4) is 0 Å². The SMILES string of the molecule is O=C(Nc1c(F)cccc1Cl)C(S)Cc1ccccc1. The van der Waals surface area contributed by atoms with Gasteiger partial charge in [0.1, 0.15) is 5.82 Å². The molecule has 0 aliphatic carbocycles. The Morgan fingerprint density at radius 1 is 1.20 bits per heavy atom. The zero-order chi connectivity index (χ0) is 14.5. The van der Waals surface area contributed by atoms with Crippen molar-refractivity contribution in [1.29, 1.82) is 0 Å². The third-order valence-electron chi connectivity index (χ3n) is 2.79. The summed E-state index contributed by atoms with van der Waals surface area (Å²) < 4.78 is 13.6. The lowest BCUT2D eigenvalue weighted by Crippen LogP contribution is -2.25. The van der Waals surface area contributed by atoms with Crippen molar-refractivity contribution in [2.24, 2.45) is 0 Å². The molecular weight excluding hydrogens is 297 g/mol. The van der Waals surface area contributed by atoms with Crippen molar-refractivity contribution in [3.05, 3.63) is 64.9 Å². The smallest absolute Gasteiger partial charge is 0.237 e. The summed E-state index contributed by atoms with van der Waals surface area (Å²) in [4.78, 5) is 12.0. The highest BCUT2D eigenvalue weighted by atomic mass is 35.5. The molecule has 0 radical (unpaired) electrons. The van der Waals surface area contributed by atoms with Crippen LogP contribution < -0.4 is 5.32 Å². The molecule has 0 aromatic heterocycles. The average Bonchev–Trinajstić information content (AvgIpc) is 2.44. The van der Waals surface area contributed by atoms with Gasteiger partial charge in [-0.25, -0.2) is 4.39 Å². The molecule has 0 saturated carbocycles. The Balaban J connectivity index is 2.05. The van der Waals surface area contributed by atoms with Crippen LogP contribution in [0.4, 0.5) is 10.1 Å². The van der Waals surface area contributed by atoms with E-state index in [0.717, 1.165) is 5.56 Å². The van der Waals surface area contributed by atoms with Crippen molar-refractivity contribution in [2.45, 2.75) is 11.7 Å². The van der Waals surface area contributed by atoms with E-state index >= 15 is 0 Å². The van der Waals surface area contributed by atoms with Crippen molar-refractivity contribution in [1.82, 2.24) is 0 Å². The molecule has 0 fully saturated rings. The lowest BCUT2D eigenvalue weighted by atomic mass is 10.1. The highest BCUT2D eigenvalue weighted by Gasteiger charge is 2.17. The van der Waals surface area contributed by atoms with Crippen LogP contribution in [0, 0.1) is 5.82 Å². The number of carbonyl (C=O) groups excluding carboxylic acids is 1. The molecule has 0 aliphatic rings. The quantitative estimate of drug-likeness (QED) is 0.823. The van der Waals surface area contributed by atoms with Crippen LogP contribution in [0.5, 0.6) is 0 Å². The summed E-state index contributed by atoms with van der Waals surface area (Å²) in [5.41, 5.74) is 0.980. The number of benzene rings is 2. The molecule has 0 bridgehead atoms. The number of carbonyl (C=O) groups is 1. The van der Waals surface area contributed by atoms with Crippen LogP contribution in [0.25, 0.3) is 0 Å². The van der Waals surface area contributed by atoms with Crippen LogP contribution in [0.15, 0.2) is 48.5 Å². The van der Waals surface area contributed by atoms with Gasteiger partial charge in [0.15, 0.2) is 0 Å². The fraction of sp³-hybridized carbons (Fsp3) is 0.133. The summed E-state index contributed by atoms with van der Waals surface area (Å²) in [6.07, 6.45) is 0.460. The molecule has 2 aromatic carbocycles. The molecule has 1 amide bonds.